The summed E-state index contributed by atoms with van der Waals surface area (Å²) in [5.41, 5.74) is -0.130. The Morgan fingerprint density at radius 1 is 1.47 bits per heavy atom. The maximum Gasteiger partial charge on any atom is 0.333 e. The summed E-state index contributed by atoms with van der Waals surface area (Å²) in [6, 6.07) is 0. The zero-order valence-electron chi connectivity index (χ0n) is 9.84. The van der Waals surface area contributed by atoms with Crippen LogP contribution in [0.1, 0.15) is 40.0 Å². The number of rotatable bonds is 3. The number of hydrogen-bond acceptors (Lipinski definition) is 3. The molecule has 86 valence electrons. The SMILES string of the molecule is C=C(C)C(=O)OC(C)(C)C1CCCCO1. The molecule has 1 aliphatic rings. The van der Waals surface area contributed by atoms with Gasteiger partial charge in [-0.15, -0.1) is 0 Å². The van der Waals surface area contributed by atoms with E-state index in [9.17, 15) is 4.79 Å². The monoisotopic (exact) mass is 212 g/mol. The summed E-state index contributed by atoms with van der Waals surface area (Å²) in [7, 11) is 0. The Kier molecular flexibility index (Phi) is 3.91. The Balaban J connectivity index is 2.56. The predicted octanol–water partition coefficient (Wildman–Crippen LogP) is 2.45. The number of ether oxygens (including phenoxy) is 2. The lowest BCUT2D eigenvalue weighted by Crippen LogP contribution is -2.44. The molecule has 1 atom stereocenters. The minimum Gasteiger partial charge on any atom is -0.454 e. The molecule has 1 saturated heterocycles. The van der Waals surface area contributed by atoms with Gasteiger partial charge in [0.15, 0.2) is 0 Å². The summed E-state index contributed by atoms with van der Waals surface area (Å²) >= 11 is 0. The second kappa shape index (κ2) is 4.79. The molecule has 0 radical (unpaired) electrons. The van der Waals surface area contributed by atoms with Gasteiger partial charge in [0, 0.05) is 12.2 Å². The van der Waals surface area contributed by atoms with Crippen molar-refractivity contribution in [1.82, 2.24) is 0 Å². The molecule has 0 amide bonds. The maximum atomic E-state index is 11.4. The van der Waals surface area contributed by atoms with Crippen LogP contribution >= 0.6 is 0 Å². The minimum atomic E-state index is -0.559. The predicted molar refractivity (Wildman–Crippen MR) is 58.6 cm³/mol. The smallest absolute Gasteiger partial charge is 0.333 e. The molecular formula is C12H20O3. The Morgan fingerprint density at radius 2 is 2.13 bits per heavy atom. The average Bonchev–Trinajstić information content (AvgIpc) is 2.18. The molecule has 1 aliphatic heterocycles. The van der Waals surface area contributed by atoms with E-state index in [2.05, 4.69) is 6.58 Å². The molecule has 3 nitrogen and oxygen atoms in total. The van der Waals surface area contributed by atoms with Crippen LogP contribution < -0.4 is 0 Å². The van der Waals surface area contributed by atoms with Crippen LogP contribution in [0.4, 0.5) is 0 Å². The number of carbonyl (C=O) groups is 1. The second-order valence-electron chi connectivity index (χ2n) is 4.63. The van der Waals surface area contributed by atoms with Crippen molar-refractivity contribution >= 4 is 5.97 Å². The number of esters is 1. The first kappa shape index (κ1) is 12.2. The van der Waals surface area contributed by atoms with Gasteiger partial charge in [-0.2, -0.15) is 0 Å². The Bertz CT molecular complexity index is 250. The standard InChI is InChI=1S/C12H20O3/c1-9(2)11(13)15-12(3,4)10-7-5-6-8-14-10/h10H,1,5-8H2,2-4H3. The average molecular weight is 212 g/mol. The number of carbonyl (C=O) groups excluding carboxylic acids is 1. The molecule has 1 rings (SSSR count). The Morgan fingerprint density at radius 3 is 2.60 bits per heavy atom. The van der Waals surface area contributed by atoms with Gasteiger partial charge in [0.25, 0.3) is 0 Å². The van der Waals surface area contributed by atoms with E-state index in [0.717, 1.165) is 25.9 Å². The molecule has 1 unspecified atom stereocenters. The quantitative estimate of drug-likeness (QED) is 0.532. The van der Waals surface area contributed by atoms with Gasteiger partial charge < -0.3 is 9.47 Å². The fourth-order valence-electron chi connectivity index (χ4n) is 1.68. The molecule has 0 saturated carbocycles. The highest BCUT2D eigenvalue weighted by atomic mass is 16.6. The van der Waals surface area contributed by atoms with E-state index in [0.29, 0.717) is 5.57 Å². The van der Waals surface area contributed by atoms with E-state index < -0.39 is 5.60 Å². The topological polar surface area (TPSA) is 35.5 Å². The highest BCUT2D eigenvalue weighted by molar-refractivity contribution is 5.87. The van der Waals surface area contributed by atoms with Crippen LogP contribution in [-0.2, 0) is 14.3 Å². The van der Waals surface area contributed by atoms with Crippen molar-refractivity contribution < 1.29 is 14.3 Å². The molecule has 15 heavy (non-hydrogen) atoms. The van der Waals surface area contributed by atoms with Crippen LogP contribution in [0.25, 0.3) is 0 Å². The molecular weight excluding hydrogens is 192 g/mol. The van der Waals surface area contributed by atoms with E-state index in [1.165, 1.54) is 0 Å². The van der Waals surface area contributed by atoms with E-state index in [1.54, 1.807) is 6.92 Å². The van der Waals surface area contributed by atoms with Crippen molar-refractivity contribution in [2.24, 2.45) is 0 Å². The van der Waals surface area contributed by atoms with Crippen molar-refractivity contribution in [3.63, 3.8) is 0 Å². The number of hydrogen-bond donors (Lipinski definition) is 0. The van der Waals surface area contributed by atoms with E-state index in [1.807, 2.05) is 13.8 Å². The normalized spacial score (nSPS) is 22.2. The molecule has 0 N–H and O–H groups in total. The Labute approximate surface area is 91.4 Å². The van der Waals surface area contributed by atoms with Gasteiger partial charge in [0.2, 0.25) is 0 Å². The van der Waals surface area contributed by atoms with Crippen molar-refractivity contribution in [2.75, 3.05) is 6.61 Å². The lowest BCUT2D eigenvalue weighted by Gasteiger charge is -2.36. The van der Waals surface area contributed by atoms with Crippen LogP contribution in [0, 0.1) is 0 Å². The lowest BCUT2D eigenvalue weighted by atomic mass is 9.94. The summed E-state index contributed by atoms with van der Waals surface area (Å²) in [4.78, 5) is 11.4. The van der Waals surface area contributed by atoms with Crippen molar-refractivity contribution in [3.8, 4) is 0 Å². The fourth-order valence-corrected chi connectivity index (χ4v) is 1.68. The van der Waals surface area contributed by atoms with Gasteiger partial charge in [-0.1, -0.05) is 6.58 Å². The molecule has 1 fully saturated rings. The maximum absolute atomic E-state index is 11.4. The highest BCUT2D eigenvalue weighted by Crippen LogP contribution is 2.26. The van der Waals surface area contributed by atoms with E-state index in [-0.39, 0.29) is 12.1 Å². The highest BCUT2D eigenvalue weighted by Gasteiger charge is 2.35. The van der Waals surface area contributed by atoms with Gasteiger partial charge >= 0.3 is 5.97 Å². The summed E-state index contributed by atoms with van der Waals surface area (Å²) < 4.78 is 11.0. The van der Waals surface area contributed by atoms with Crippen LogP contribution in [0.15, 0.2) is 12.2 Å². The third-order valence-electron chi connectivity index (χ3n) is 2.66. The molecule has 0 aromatic heterocycles. The summed E-state index contributed by atoms with van der Waals surface area (Å²) in [6.07, 6.45) is 3.20. The zero-order chi connectivity index (χ0) is 11.5. The first-order valence-electron chi connectivity index (χ1n) is 5.44. The van der Waals surface area contributed by atoms with Gasteiger partial charge in [0.1, 0.15) is 5.60 Å². The molecule has 0 aliphatic carbocycles. The van der Waals surface area contributed by atoms with Gasteiger partial charge in [0.05, 0.1) is 6.10 Å². The van der Waals surface area contributed by atoms with Crippen LogP contribution in [-0.4, -0.2) is 24.3 Å². The van der Waals surface area contributed by atoms with Crippen molar-refractivity contribution in [1.29, 1.82) is 0 Å². The fraction of sp³-hybridized carbons (Fsp3) is 0.750. The lowest BCUT2D eigenvalue weighted by molar-refractivity contribution is -0.172. The minimum absolute atomic E-state index is 0.00884. The second-order valence-corrected chi connectivity index (χ2v) is 4.63. The molecule has 0 bridgehead atoms. The van der Waals surface area contributed by atoms with Crippen LogP contribution in [0.2, 0.25) is 0 Å². The van der Waals surface area contributed by atoms with E-state index in [4.69, 9.17) is 9.47 Å². The largest absolute Gasteiger partial charge is 0.454 e. The van der Waals surface area contributed by atoms with Crippen molar-refractivity contribution in [2.45, 2.75) is 51.7 Å². The van der Waals surface area contributed by atoms with Gasteiger partial charge in [-0.05, 0) is 40.0 Å². The summed E-state index contributed by atoms with van der Waals surface area (Å²) in [5, 5.41) is 0. The third kappa shape index (κ3) is 3.34. The summed E-state index contributed by atoms with van der Waals surface area (Å²) in [5.74, 6) is -0.339. The molecule has 3 heteroatoms. The van der Waals surface area contributed by atoms with Gasteiger partial charge in [-0.3, -0.25) is 0 Å². The summed E-state index contributed by atoms with van der Waals surface area (Å²) in [6.45, 7) is 9.77. The van der Waals surface area contributed by atoms with Crippen molar-refractivity contribution in [3.05, 3.63) is 12.2 Å². The van der Waals surface area contributed by atoms with Crippen LogP contribution in [0.5, 0.6) is 0 Å². The molecule has 1 heterocycles. The molecule has 0 aromatic rings. The van der Waals surface area contributed by atoms with E-state index >= 15 is 0 Å². The van der Waals surface area contributed by atoms with Crippen LogP contribution in [0.3, 0.4) is 0 Å². The molecule has 0 aromatic carbocycles. The first-order valence-corrected chi connectivity index (χ1v) is 5.44. The zero-order valence-corrected chi connectivity index (χ0v) is 9.84. The third-order valence-corrected chi connectivity index (χ3v) is 2.66. The van der Waals surface area contributed by atoms with Gasteiger partial charge in [-0.25, -0.2) is 4.79 Å². The Hall–Kier alpha value is -0.830. The molecule has 0 spiro atoms. The first-order chi connectivity index (χ1) is 6.93.